The van der Waals surface area contributed by atoms with E-state index in [-0.39, 0.29) is 5.95 Å². The second-order valence-electron chi connectivity index (χ2n) is 3.81. The van der Waals surface area contributed by atoms with Gasteiger partial charge in [0, 0.05) is 0 Å². The number of aliphatic hydroxyl groups excluding tert-OH is 3. The Labute approximate surface area is 99.3 Å². The average molecular weight is 260 g/mol. The summed E-state index contributed by atoms with van der Waals surface area (Å²) >= 11 is 0. The van der Waals surface area contributed by atoms with Crippen LogP contribution < -0.4 is 17.1 Å². The first-order chi connectivity index (χ1) is 8.45. The Bertz CT molecular complexity index is 522. The number of hydrogen-bond acceptors (Lipinski definition) is 8. The SMILES string of the molecule is Nc1nc(=O)n(C2OC(CO)C(O)C2O)c(=O)[nH]1. The number of nitrogens with zero attached hydrogens (tertiary/aromatic N) is 2. The number of aromatic amines is 1. The molecule has 100 valence electrons. The van der Waals surface area contributed by atoms with Crippen molar-refractivity contribution in [2.75, 3.05) is 12.3 Å². The summed E-state index contributed by atoms with van der Waals surface area (Å²) in [6, 6.07) is 0. The van der Waals surface area contributed by atoms with Crippen LogP contribution in [0.1, 0.15) is 6.23 Å². The van der Waals surface area contributed by atoms with Gasteiger partial charge in [-0.1, -0.05) is 0 Å². The van der Waals surface area contributed by atoms with Crippen LogP contribution >= 0.6 is 0 Å². The summed E-state index contributed by atoms with van der Waals surface area (Å²) in [5, 5.41) is 28.1. The van der Waals surface area contributed by atoms with Gasteiger partial charge in [0.1, 0.15) is 18.3 Å². The Morgan fingerprint density at radius 3 is 2.56 bits per heavy atom. The zero-order valence-corrected chi connectivity index (χ0v) is 9.05. The number of ether oxygens (including phenoxy) is 1. The number of nitrogen functional groups attached to an aromatic ring is 1. The molecule has 1 aromatic rings. The van der Waals surface area contributed by atoms with Gasteiger partial charge in [-0.05, 0) is 0 Å². The zero-order valence-electron chi connectivity index (χ0n) is 9.05. The number of aliphatic hydroxyl groups is 3. The second kappa shape index (κ2) is 4.49. The Kier molecular flexibility index (Phi) is 3.17. The van der Waals surface area contributed by atoms with Crippen molar-refractivity contribution in [2.24, 2.45) is 0 Å². The maximum atomic E-state index is 11.5. The standard InChI is InChI=1S/C8H12N4O6/c9-6-10-7(16)12(8(17)11-6)5-4(15)3(14)2(1-13)18-5/h2-5,13-15H,1H2,(H3,9,10,11,16,17). The second-order valence-corrected chi connectivity index (χ2v) is 3.81. The Morgan fingerprint density at radius 2 is 2.06 bits per heavy atom. The van der Waals surface area contributed by atoms with Crippen molar-refractivity contribution in [3.63, 3.8) is 0 Å². The number of rotatable bonds is 2. The van der Waals surface area contributed by atoms with E-state index < -0.39 is 42.5 Å². The van der Waals surface area contributed by atoms with Gasteiger partial charge in [-0.3, -0.25) is 4.98 Å². The molecule has 18 heavy (non-hydrogen) atoms. The largest absolute Gasteiger partial charge is 0.394 e. The fraction of sp³-hybridized carbons (Fsp3) is 0.625. The molecule has 6 N–H and O–H groups in total. The van der Waals surface area contributed by atoms with Gasteiger partial charge in [0.25, 0.3) is 0 Å². The molecule has 1 aliphatic rings. The molecule has 0 aliphatic carbocycles. The van der Waals surface area contributed by atoms with E-state index >= 15 is 0 Å². The molecule has 2 heterocycles. The molecule has 0 saturated carbocycles. The van der Waals surface area contributed by atoms with Crippen molar-refractivity contribution >= 4 is 5.95 Å². The molecule has 0 bridgehead atoms. The molecule has 0 radical (unpaired) electrons. The third-order valence-corrected chi connectivity index (χ3v) is 2.65. The minimum Gasteiger partial charge on any atom is -0.394 e. The molecule has 4 atom stereocenters. The van der Waals surface area contributed by atoms with Crippen molar-refractivity contribution in [1.29, 1.82) is 0 Å². The summed E-state index contributed by atoms with van der Waals surface area (Å²) in [5.74, 6) is -0.368. The molecule has 0 aromatic carbocycles. The van der Waals surface area contributed by atoms with Crippen LogP contribution in [0.5, 0.6) is 0 Å². The molecule has 0 amide bonds. The Morgan fingerprint density at radius 1 is 1.39 bits per heavy atom. The quantitative estimate of drug-likeness (QED) is 0.360. The summed E-state index contributed by atoms with van der Waals surface area (Å²) in [6.07, 6.45) is -5.47. The number of H-pyrrole nitrogens is 1. The molecule has 1 aromatic heterocycles. The van der Waals surface area contributed by atoms with Gasteiger partial charge < -0.3 is 25.8 Å². The van der Waals surface area contributed by atoms with Gasteiger partial charge in [-0.2, -0.15) is 4.98 Å². The van der Waals surface area contributed by atoms with Crippen LogP contribution in [-0.2, 0) is 4.74 Å². The lowest BCUT2D eigenvalue weighted by molar-refractivity contribution is -0.0570. The van der Waals surface area contributed by atoms with Gasteiger partial charge in [0.05, 0.1) is 6.61 Å². The number of anilines is 1. The highest BCUT2D eigenvalue weighted by Crippen LogP contribution is 2.26. The smallest absolute Gasteiger partial charge is 0.357 e. The predicted molar refractivity (Wildman–Crippen MR) is 56.5 cm³/mol. The van der Waals surface area contributed by atoms with E-state index in [1.807, 2.05) is 0 Å². The van der Waals surface area contributed by atoms with E-state index in [4.69, 9.17) is 15.6 Å². The fourth-order valence-corrected chi connectivity index (χ4v) is 1.76. The summed E-state index contributed by atoms with van der Waals surface area (Å²) in [6.45, 7) is -0.566. The molecule has 10 heteroatoms. The van der Waals surface area contributed by atoms with Crippen molar-refractivity contribution in [2.45, 2.75) is 24.5 Å². The van der Waals surface area contributed by atoms with Crippen molar-refractivity contribution in [3.8, 4) is 0 Å². The number of nitrogens with two attached hydrogens (primary N) is 1. The highest BCUT2D eigenvalue weighted by molar-refractivity contribution is 5.10. The van der Waals surface area contributed by atoms with Crippen LogP contribution in [0.25, 0.3) is 0 Å². The minimum absolute atomic E-state index is 0.368. The first-order valence-corrected chi connectivity index (χ1v) is 5.06. The molecule has 10 nitrogen and oxygen atoms in total. The lowest BCUT2D eigenvalue weighted by Gasteiger charge is -2.15. The summed E-state index contributed by atoms with van der Waals surface area (Å²) in [5.41, 5.74) is 3.22. The van der Waals surface area contributed by atoms with Gasteiger partial charge >= 0.3 is 11.4 Å². The van der Waals surface area contributed by atoms with Crippen LogP contribution in [-0.4, -0.2) is 54.8 Å². The predicted octanol–water partition coefficient (Wildman–Crippen LogP) is -3.87. The third kappa shape index (κ3) is 1.90. The molecular weight excluding hydrogens is 248 g/mol. The molecule has 1 fully saturated rings. The monoisotopic (exact) mass is 260 g/mol. The number of aromatic nitrogens is 3. The van der Waals surface area contributed by atoms with E-state index in [0.717, 1.165) is 0 Å². The summed E-state index contributed by atoms with van der Waals surface area (Å²) in [4.78, 5) is 28.4. The maximum absolute atomic E-state index is 11.5. The number of hydrogen-bond donors (Lipinski definition) is 5. The van der Waals surface area contributed by atoms with Crippen LogP contribution in [0.3, 0.4) is 0 Å². The third-order valence-electron chi connectivity index (χ3n) is 2.65. The van der Waals surface area contributed by atoms with Gasteiger partial charge in [0.15, 0.2) is 6.23 Å². The Balaban J connectivity index is 2.45. The van der Waals surface area contributed by atoms with Crippen LogP contribution in [0.2, 0.25) is 0 Å². The molecule has 4 unspecified atom stereocenters. The molecule has 1 saturated heterocycles. The molecular formula is C8H12N4O6. The van der Waals surface area contributed by atoms with Crippen molar-refractivity contribution in [3.05, 3.63) is 21.0 Å². The van der Waals surface area contributed by atoms with E-state index in [0.29, 0.717) is 4.57 Å². The minimum atomic E-state index is -1.54. The maximum Gasteiger partial charge on any atom is 0.357 e. The van der Waals surface area contributed by atoms with Gasteiger partial charge in [-0.15, -0.1) is 0 Å². The van der Waals surface area contributed by atoms with Crippen LogP contribution in [0.4, 0.5) is 5.95 Å². The highest BCUT2D eigenvalue weighted by Gasteiger charge is 2.44. The lowest BCUT2D eigenvalue weighted by atomic mass is 10.1. The molecule has 2 rings (SSSR count). The molecule has 0 spiro atoms. The van der Waals surface area contributed by atoms with E-state index in [1.165, 1.54) is 0 Å². The van der Waals surface area contributed by atoms with E-state index in [2.05, 4.69) is 9.97 Å². The van der Waals surface area contributed by atoms with Gasteiger partial charge in [-0.25, -0.2) is 14.2 Å². The lowest BCUT2D eigenvalue weighted by Crippen LogP contribution is -2.44. The summed E-state index contributed by atoms with van der Waals surface area (Å²) in [7, 11) is 0. The fourth-order valence-electron chi connectivity index (χ4n) is 1.76. The normalized spacial score (nSPS) is 31.7. The van der Waals surface area contributed by atoms with E-state index in [9.17, 15) is 19.8 Å². The first-order valence-electron chi connectivity index (χ1n) is 5.06. The van der Waals surface area contributed by atoms with Crippen LogP contribution in [0.15, 0.2) is 9.59 Å². The topological polar surface area (TPSA) is 164 Å². The highest BCUT2D eigenvalue weighted by atomic mass is 16.6. The zero-order chi connectivity index (χ0) is 13.4. The summed E-state index contributed by atoms with van der Waals surface area (Å²) < 4.78 is 5.52. The van der Waals surface area contributed by atoms with Gasteiger partial charge in [0.2, 0.25) is 5.95 Å². The van der Waals surface area contributed by atoms with Crippen molar-refractivity contribution in [1.82, 2.24) is 14.5 Å². The first kappa shape index (κ1) is 12.7. The average Bonchev–Trinajstić information content (AvgIpc) is 2.56. The van der Waals surface area contributed by atoms with E-state index in [1.54, 1.807) is 0 Å². The Hall–Kier alpha value is -1.75. The number of nitrogens with one attached hydrogen (secondary N) is 1. The van der Waals surface area contributed by atoms with Crippen LogP contribution in [0, 0.1) is 0 Å². The van der Waals surface area contributed by atoms with Crippen molar-refractivity contribution < 1.29 is 20.1 Å². The molecule has 1 aliphatic heterocycles.